The van der Waals surface area contributed by atoms with E-state index in [1.807, 2.05) is 6.92 Å². The number of nitrogens with zero attached hydrogens (tertiary/aromatic N) is 1. The summed E-state index contributed by atoms with van der Waals surface area (Å²) < 4.78 is 41.7. The first kappa shape index (κ1) is 18.1. The van der Waals surface area contributed by atoms with Gasteiger partial charge in [0.1, 0.15) is 22.5 Å². The number of hydrogen-bond donors (Lipinski definition) is 1. The van der Waals surface area contributed by atoms with Gasteiger partial charge in [-0.05, 0) is 48.4 Å². The van der Waals surface area contributed by atoms with Crippen molar-refractivity contribution in [1.82, 2.24) is 4.98 Å². The lowest BCUT2D eigenvalue weighted by Gasteiger charge is -2.15. The van der Waals surface area contributed by atoms with Crippen molar-refractivity contribution in [2.24, 2.45) is 0 Å². The molecule has 1 atom stereocenters. The summed E-state index contributed by atoms with van der Waals surface area (Å²) >= 11 is 1.31. The minimum absolute atomic E-state index is 0.0878. The van der Waals surface area contributed by atoms with Crippen LogP contribution in [0.15, 0.2) is 42.6 Å². The molecule has 0 fully saturated rings. The maximum Gasteiger partial charge on any atom is 0.304 e. The largest absolute Gasteiger partial charge is 0.481 e. The van der Waals surface area contributed by atoms with Gasteiger partial charge in [0, 0.05) is 22.6 Å². The molecule has 26 heavy (non-hydrogen) atoms. The van der Waals surface area contributed by atoms with Crippen LogP contribution in [0.5, 0.6) is 0 Å². The second kappa shape index (κ2) is 7.29. The molecule has 0 saturated heterocycles. The first-order chi connectivity index (χ1) is 12.3. The summed E-state index contributed by atoms with van der Waals surface area (Å²) in [5.74, 6) is -3.75. The summed E-state index contributed by atoms with van der Waals surface area (Å²) in [5.41, 5.74) is 0.399. The maximum atomic E-state index is 14.2. The Balaban J connectivity index is 2.12. The summed E-state index contributed by atoms with van der Waals surface area (Å²) in [6.45, 7) is 1.83. The van der Waals surface area contributed by atoms with E-state index in [2.05, 4.69) is 4.98 Å². The molecule has 0 saturated carbocycles. The van der Waals surface area contributed by atoms with Gasteiger partial charge in [0.2, 0.25) is 0 Å². The lowest BCUT2D eigenvalue weighted by atomic mass is 9.92. The van der Waals surface area contributed by atoms with Gasteiger partial charge in [-0.1, -0.05) is 6.07 Å². The van der Waals surface area contributed by atoms with Crippen molar-refractivity contribution in [3.63, 3.8) is 0 Å². The first-order valence-electron chi connectivity index (χ1n) is 7.73. The predicted octanol–water partition coefficient (Wildman–Crippen LogP) is 5.14. The molecule has 3 rings (SSSR count). The molecule has 0 spiro atoms. The number of thiazole rings is 1. The van der Waals surface area contributed by atoms with Crippen LogP contribution >= 0.6 is 11.3 Å². The molecule has 1 heterocycles. The Morgan fingerprint density at radius 2 is 1.92 bits per heavy atom. The first-order valence-corrected chi connectivity index (χ1v) is 8.55. The minimum atomic E-state index is -1.06. The van der Waals surface area contributed by atoms with Gasteiger partial charge in [0.15, 0.2) is 0 Å². The van der Waals surface area contributed by atoms with E-state index in [4.69, 9.17) is 0 Å². The smallest absolute Gasteiger partial charge is 0.304 e. The number of carboxylic acids is 1. The molecule has 0 aliphatic rings. The highest BCUT2D eigenvalue weighted by Crippen LogP contribution is 2.34. The van der Waals surface area contributed by atoms with Crippen molar-refractivity contribution >= 4 is 17.3 Å². The van der Waals surface area contributed by atoms with Crippen LogP contribution in [0.4, 0.5) is 13.2 Å². The molecule has 1 aromatic heterocycles. The Bertz CT molecular complexity index is 971. The molecule has 134 valence electrons. The molecule has 1 unspecified atom stereocenters. The molecule has 7 heteroatoms. The topological polar surface area (TPSA) is 50.2 Å². The highest BCUT2D eigenvalue weighted by Gasteiger charge is 2.23. The van der Waals surface area contributed by atoms with Crippen molar-refractivity contribution in [1.29, 1.82) is 0 Å². The van der Waals surface area contributed by atoms with E-state index < -0.39 is 29.3 Å². The standard InChI is InChI=1S/C19H14F3NO2S/c1-10-9-23-19(26-10)16(8-18(24)25)12-4-11(5-14(21)6-12)15-7-13(20)2-3-17(15)22/h2-7,9,16H,8H2,1H3,(H,24,25). The van der Waals surface area contributed by atoms with E-state index in [-0.39, 0.29) is 17.5 Å². The summed E-state index contributed by atoms with van der Waals surface area (Å²) in [6, 6.07) is 6.69. The van der Waals surface area contributed by atoms with Gasteiger partial charge < -0.3 is 5.11 Å². The fraction of sp³-hybridized carbons (Fsp3) is 0.158. The lowest BCUT2D eigenvalue weighted by Crippen LogP contribution is -2.08. The van der Waals surface area contributed by atoms with E-state index >= 15 is 0 Å². The van der Waals surface area contributed by atoms with E-state index in [9.17, 15) is 23.1 Å². The third-order valence-corrected chi connectivity index (χ3v) is 4.90. The molecule has 3 nitrogen and oxygen atoms in total. The molecule has 3 aromatic rings. The van der Waals surface area contributed by atoms with Gasteiger partial charge in [0.25, 0.3) is 0 Å². The minimum Gasteiger partial charge on any atom is -0.481 e. The zero-order chi connectivity index (χ0) is 18.8. The van der Waals surface area contributed by atoms with E-state index in [0.29, 0.717) is 10.6 Å². The molecule has 0 amide bonds. The highest BCUT2D eigenvalue weighted by atomic mass is 32.1. The Morgan fingerprint density at radius 3 is 2.58 bits per heavy atom. The number of benzene rings is 2. The van der Waals surface area contributed by atoms with Crippen LogP contribution in [0.25, 0.3) is 11.1 Å². The maximum absolute atomic E-state index is 14.2. The second-order valence-corrected chi connectivity index (χ2v) is 7.12. The molecule has 1 N–H and O–H groups in total. The molecular weight excluding hydrogens is 363 g/mol. The van der Waals surface area contributed by atoms with E-state index in [0.717, 1.165) is 29.1 Å². The van der Waals surface area contributed by atoms with Crippen LogP contribution < -0.4 is 0 Å². The normalized spacial score (nSPS) is 12.2. The third kappa shape index (κ3) is 3.94. The van der Waals surface area contributed by atoms with Gasteiger partial charge in [0.05, 0.1) is 6.42 Å². The van der Waals surface area contributed by atoms with E-state index in [1.165, 1.54) is 23.5 Å². The SMILES string of the molecule is Cc1cnc(C(CC(=O)O)c2cc(F)cc(-c3cc(F)ccc3F)c2)s1. The van der Waals surface area contributed by atoms with Crippen LogP contribution in [-0.4, -0.2) is 16.1 Å². The van der Waals surface area contributed by atoms with Gasteiger partial charge in [-0.2, -0.15) is 0 Å². The Hall–Kier alpha value is -2.67. The molecule has 0 bridgehead atoms. The number of rotatable bonds is 5. The van der Waals surface area contributed by atoms with Gasteiger partial charge in [-0.15, -0.1) is 11.3 Å². The number of hydrogen-bond acceptors (Lipinski definition) is 3. The third-order valence-electron chi connectivity index (χ3n) is 3.88. The van der Waals surface area contributed by atoms with Crippen molar-refractivity contribution in [3.8, 4) is 11.1 Å². The summed E-state index contributed by atoms with van der Waals surface area (Å²) in [4.78, 5) is 16.4. The second-order valence-electron chi connectivity index (χ2n) is 5.86. The average Bonchev–Trinajstić information content (AvgIpc) is 3.00. The number of aryl methyl sites for hydroxylation is 1. The number of carbonyl (C=O) groups is 1. The highest BCUT2D eigenvalue weighted by molar-refractivity contribution is 7.11. The zero-order valence-corrected chi connectivity index (χ0v) is 14.5. The van der Waals surface area contributed by atoms with E-state index in [1.54, 1.807) is 6.20 Å². The molecule has 0 aliphatic carbocycles. The Labute approximate surface area is 151 Å². The van der Waals surface area contributed by atoms with Crippen LogP contribution in [0.2, 0.25) is 0 Å². The van der Waals surface area contributed by atoms with Crippen molar-refractivity contribution in [3.05, 3.63) is 75.5 Å². The van der Waals surface area contributed by atoms with Gasteiger partial charge in [-0.3, -0.25) is 4.79 Å². The quantitative estimate of drug-likeness (QED) is 0.670. The lowest BCUT2D eigenvalue weighted by molar-refractivity contribution is -0.137. The molecule has 2 aromatic carbocycles. The van der Waals surface area contributed by atoms with Crippen LogP contribution in [0, 0.1) is 24.4 Å². The summed E-state index contributed by atoms with van der Waals surface area (Å²) in [7, 11) is 0. The predicted molar refractivity (Wildman–Crippen MR) is 92.7 cm³/mol. The van der Waals surface area contributed by atoms with Crippen LogP contribution in [0.1, 0.15) is 27.8 Å². The van der Waals surface area contributed by atoms with Crippen molar-refractivity contribution in [2.45, 2.75) is 19.3 Å². The van der Waals surface area contributed by atoms with Crippen molar-refractivity contribution < 1.29 is 23.1 Å². The summed E-state index contributed by atoms with van der Waals surface area (Å²) in [5, 5.41) is 9.75. The average molecular weight is 377 g/mol. The molecule has 0 radical (unpaired) electrons. The van der Waals surface area contributed by atoms with Crippen molar-refractivity contribution in [2.75, 3.05) is 0 Å². The Kier molecular flexibility index (Phi) is 5.08. The monoisotopic (exact) mass is 377 g/mol. The van der Waals surface area contributed by atoms with Crippen LogP contribution in [0.3, 0.4) is 0 Å². The fourth-order valence-electron chi connectivity index (χ4n) is 2.74. The van der Waals surface area contributed by atoms with Gasteiger partial charge in [-0.25, -0.2) is 18.2 Å². The van der Waals surface area contributed by atoms with Gasteiger partial charge >= 0.3 is 5.97 Å². The number of halogens is 3. The molecular formula is C19H14F3NO2S. The Morgan fingerprint density at radius 1 is 1.15 bits per heavy atom. The number of carboxylic acid groups (broad SMARTS) is 1. The zero-order valence-electron chi connectivity index (χ0n) is 13.7. The number of aromatic nitrogens is 1. The van der Waals surface area contributed by atoms with Crippen LogP contribution in [-0.2, 0) is 4.79 Å². The summed E-state index contributed by atoms with van der Waals surface area (Å²) in [6.07, 6.45) is 1.32. The fourth-order valence-corrected chi connectivity index (χ4v) is 3.65. The molecule has 0 aliphatic heterocycles. The number of aliphatic carboxylic acids is 1.